The number of carbonyl (C=O) groups excluding carboxylic acids is 2. The minimum Gasteiger partial charge on any atom is -0.352 e. The first-order chi connectivity index (χ1) is 17.6. The van der Waals surface area contributed by atoms with Crippen molar-refractivity contribution < 1.29 is 18.0 Å². The molecule has 0 aliphatic heterocycles. The van der Waals surface area contributed by atoms with E-state index in [4.69, 9.17) is 0 Å². The molecule has 0 saturated carbocycles. The van der Waals surface area contributed by atoms with Gasteiger partial charge in [-0.25, -0.2) is 8.42 Å². The number of rotatable bonds is 11. The van der Waals surface area contributed by atoms with Gasteiger partial charge in [-0.2, -0.15) is 0 Å². The van der Waals surface area contributed by atoms with Crippen LogP contribution in [0.3, 0.4) is 0 Å². The molecule has 3 rings (SSSR count). The van der Waals surface area contributed by atoms with Gasteiger partial charge in [0.25, 0.3) is 10.0 Å². The van der Waals surface area contributed by atoms with E-state index >= 15 is 0 Å². The number of anilines is 1. The Labute approximate surface area is 227 Å². The molecule has 0 aliphatic rings. The topological polar surface area (TPSA) is 86.8 Å². The highest BCUT2D eigenvalue weighted by molar-refractivity contribution is 9.10. The number of nitrogens with one attached hydrogen (secondary N) is 1. The molecule has 9 heteroatoms. The highest BCUT2D eigenvalue weighted by atomic mass is 79.9. The molecule has 0 fully saturated rings. The highest BCUT2D eigenvalue weighted by Gasteiger charge is 2.32. The summed E-state index contributed by atoms with van der Waals surface area (Å²) in [6.45, 7) is 5.21. The van der Waals surface area contributed by atoms with Crippen LogP contribution >= 0.6 is 15.9 Å². The molecule has 1 N–H and O–H groups in total. The maximum atomic E-state index is 13.8. The van der Waals surface area contributed by atoms with Crippen molar-refractivity contribution in [3.8, 4) is 0 Å². The first-order valence-electron chi connectivity index (χ1n) is 12.1. The zero-order chi connectivity index (χ0) is 27.0. The predicted octanol–water partition coefficient (Wildman–Crippen LogP) is 4.98. The maximum Gasteiger partial charge on any atom is 0.264 e. The third-order valence-electron chi connectivity index (χ3n) is 6.07. The van der Waals surface area contributed by atoms with Crippen molar-refractivity contribution in [3.05, 3.63) is 95.0 Å². The zero-order valence-corrected chi connectivity index (χ0v) is 23.6. The lowest BCUT2D eigenvalue weighted by Gasteiger charge is -2.32. The Balaban J connectivity index is 2.00. The fourth-order valence-electron chi connectivity index (χ4n) is 3.71. The molecule has 3 aromatic rings. The van der Waals surface area contributed by atoms with Crippen LogP contribution in [0.2, 0.25) is 0 Å². The molecule has 0 saturated heterocycles. The van der Waals surface area contributed by atoms with Gasteiger partial charge in [0, 0.05) is 17.1 Å². The Bertz CT molecular complexity index is 1300. The van der Waals surface area contributed by atoms with E-state index in [0.29, 0.717) is 10.2 Å². The quantitative estimate of drug-likeness (QED) is 0.344. The molecule has 0 radical (unpaired) electrons. The van der Waals surface area contributed by atoms with Crippen LogP contribution in [0.4, 0.5) is 5.69 Å². The van der Waals surface area contributed by atoms with Gasteiger partial charge < -0.3 is 10.2 Å². The summed E-state index contributed by atoms with van der Waals surface area (Å²) < 4.78 is 29.2. The number of benzene rings is 3. The van der Waals surface area contributed by atoms with Gasteiger partial charge in [0.15, 0.2) is 0 Å². The maximum absolute atomic E-state index is 13.8. The summed E-state index contributed by atoms with van der Waals surface area (Å²) in [5.41, 5.74) is 1.17. The second kappa shape index (κ2) is 12.9. The summed E-state index contributed by atoms with van der Waals surface area (Å²) in [4.78, 5) is 28.3. The summed E-state index contributed by atoms with van der Waals surface area (Å²) >= 11 is 3.40. The summed E-state index contributed by atoms with van der Waals surface area (Å²) in [6, 6.07) is 23.2. The van der Waals surface area contributed by atoms with Crippen LogP contribution in [-0.2, 0) is 26.2 Å². The average Bonchev–Trinajstić information content (AvgIpc) is 2.90. The SMILES string of the molecule is CC[C@H](C)NC(=O)[C@H](C)N(Cc1ccccc1)C(=O)CN(c1cccc(Br)c1)S(=O)(=O)c1ccccc1. The number of amides is 2. The molecule has 0 unspecified atom stereocenters. The van der Waals surface area contributed by atoms with Crippen molar-refractivity contribution in [1.29, 1.82) is 0 Å². The van der Waals surface area contributed by atoms with Crippen molar-refractivity contribution >= 4 is 43.5 Å². The van der Waals surface area contributed by atoms with Gasteiger partial charge in [0.05, 0.1) is 10.6 Å². The molecule has 0 bridgehead atoms. The molecule has 0 heterocycles. The molecule has 0 spiro atoms. The van der Waals surface area contributed by atoms with E-state index in [1.807, 2.05) is 44.2 Å². The Morgan fingerprint density at radius 3 is 2.14 bits per heavy atom. The predicted molar refractivity (Wildman–Crippen MR) is 149 cm³/mol. The Kier molecular flexibility index (Phi) is 9.88. The number of hydrogen-bond donors (Lipinski definition) is 1. The fourth-order valence-corrected chi connectivity index (χ4v) is 5.52. The minimum absolute atomic E-state index is 0.0553. The fraction of sp³-hybridized carbons (Fsp3) is 0.286. The van der Waals surface area contributed by atoms with Crippen molar-refractivity contribution in [2.24, 2.45) is 0 Å². The van der Waals surface area contributed by atoms with Crippen molar-refractivity contribution in [2.45, 2.75) is 50.7 Å². The normalized spacial score (nSPS) is 12.9. The van der Waals surface area contributed by atoms with Crippen molar-refractivity contribution in [2.75, 3.05) is 10.8 Å². The van der Waals surface area contributed by atoms with Crippen LogP contribution in [0.5, 0.6) is 0 Å². The van der Waals surface area contributed by atoms with Crippen LogP contribution in [-0.4, -0.2) is 43.8 Å². The lowest BCUT2D eigenvalue weighted by atomic mass is 10.1. The van der Waals surface area contributed by atoms with Crippen LogP contribution in [0, 0.1) is 0 Å². The van der Waals surface area contributed by atoms with E-state index in [9.17, 15) is 18.0 Å². The van der Waals surface area contributed by atoms with Crippen molar-refractivity contribution in [3.63, 3.8) is 0 Å². The van der Waals surface area contributed by atoms with Crippen LogP contribution in [0.15, 0.2) is 94.3 Å². The van der Waals surface area contributed by atoms with E-state index in [1.165, 1.54) is 17.0 Å². The van der Waals surface area contributed by atoms with Crippen LogP contribution in [0.1, 0.15) is 32.8 Å². The molecule has 2 amide bonds. The van der Waals surface area contributed by atoms with E-state index in [0.717, 1.165) is 16.3 Å². The van der Waals surface area contributed by atoms with E-state index in [2.05, 4.69) is 21.2 Å². The number of hydrogen-bond acceptors (Lipinski definition) is 4. The Morgan fingerprint density at radius 2 is 1.54 bits per heavy atom. The second-order valence-corrected chi connectivity index (χ2v) is 11.6. The van der Waals surface area contributed by atoms with Crippen LogP contribution < -0.4 is 9.62 Å². The standard InChI is InChI=1S/C28H32BrN3O4S/c1-4-21(2)30-28(34)22(3)31(19-23-12-7-5-8-13-23)27(33)20-32(25-15-11-14-24(29)18-25)37(35,36)26-16-9-6-10-17-26/h5-18,21-22H,4,19-20H2,1-3H3,(H,30,34)/t21-,22-/m0/s1. The lowest BCUT2D eigenvalue weighted by Crippen LogP contribution is -2.52. The zero-order valence-electron chi connectivity index (χ0n) is 21.2. The van der Waals surface area contributed by atoms with Gasteiger partial charge in [-0.1, -0.05) is 77.5 Å². The molecule has 196 valence electrons. The second-order valence-electron chi connectivity index (χ2n) is 8.81. The summed E-state index contributed by atoms with van der Waals surface area (Å²) in [5, 5.41) is 2.93. The number of halogens is 1. The van der Waals surface area contributed by atoms with Gasteiger partial charge in [-0.3, -0.25) is 13.9 Å². The Morgan fingerprint density at radius 1 is 0.919 bits per heavy atom. The highest BCUT2D eigenvalue weighted by Crippen LogP contribution is 2.27. The van der Waals surface area contributed by atoms with Gasteiger partial charge in [-0.15, -0.1) is 0 Å². The van der Waals surface area contributed by atoms with Crippen LogP contribution in [0.25, 0.3) is 0 Å². The first-order valence-corrected chi connectivity index (χ1v) is 14.3. The van der Waals surface area contributed by atoms with E-state index in [-0.39, 0.29) is 23.4 Å². The van der Waals surface area contributed by atoms with Gasteiger partial charge in [-0.05, 0) is 56.2 Å². The summed E-state index contributed by atoms with van der Waals surface area (Å²) in [6.07, 6.45) is 0.747. The smallest absolute Gasteiger partial charge is 0.264 e. The Hall–Kier alpha value is -3.17. The van der Waals surface area contributed by atoms with Gasteiger partial charge in [0.1, 0.15) is 12.6 Å². The average molecular weight is 587 g/mol. The van der Waals surface area contributed by atoms with E-state index < -0.39 is 28.5 Å². The summed E-state index contributed by atoms with van der Waals surface area (Å²) in [5.74, 6) is -0.784. The lowest BCUT2D eigenvalue weighted by molar-refractivity contribution is -0.139. The molecular formula is C28H32BrN3O4S. The number of sulfonamides is 1. The molecule has 2 atom stereocenters. The molecule has 3 aromatic carbocycles. The summed E-state index contributed by atoms with van der Waals surface area (Å²) in [7, 11) is -4.08. The number of nitrogens with zero attached hydrogens (tertiary/aromatic N) is 2. The molecule has 37 heavy (non-hydrogen) atoms. The molecule has 7 nitrogen and oxygen atoms in total. The van der Waals surface area contributed by atoms with Gasteiger partial charge >= 0.3 is 0 Å². The number of carbonyl (C=O) groups is 2. The molecular weight excluding hydrogens is 554 g/mol. The van der Waals surface area contributed by atoms with E-state index in [1.54, 1.807) is 49.4 Å². The monoisotopic (exact) mass is 585 g/mol. The molecule has 0 aromatic heterocycles. The first kappa shape index (κ1) is 28.4. The third-order valence-corrected chi connectivity index (χ3v) is 8.35. The van der Waals surface area contributed by atoms with Crippen molar-refractivity contribution in [1.82, 2.24) is 10.2 Å². The third kappa shape index (κ3) is 7.42. The molecule has 0 aliphatic carbocycles. The van der Waals surface area contributed by atoms with Gasteiger partial charge in [0.2, 0.25) is 11.8 Å². The largest absolute Gasteiger partial charge is 0.352 e. The minimum atomic E-state index is -4.08.